The molecule has 1 N–H and O–H groups in total. The Morgan fingerprint density at radius 3 is 2.53 bits per heavy atom. The molecule has 0 aromatic heterocycles. The Bertz CT molecular complexity index is 203. The summed E-state index contributed by atoms with van der Waals surface area (Å²) in [6.07, 6.45) is 5.77. The van der Waals surface area contributed by atoms with Crippen molar-refractivity contribution in [1.29, 1.82) is 0 Å². The van der Waals surface area contributed by atoms with Crippen molar-refractivity contribution in [2.24, 2.45) is 5.92 Å². The van der Waals surface area contributed by atoms with Crippen LogP contribution in [0.5, 0.6) is 0 Å². The predicted molar refractivity (Wildman–Crippen MR) is 65.1 cm³/mol. The lowest BCUT2D eigenvalue weighted by atomic mass is 10.1. The van der Waals surface area contributed by atoms with Gasteiger partial charge in [-0.1, -0.05) is 0 Å². The van der Waals surface area contributed by atoms with Crippen LogP contribution < -0.4 is 5.32 Å². The number of rotatable bonds is 4. The van der Waals surface area contributed by atoms with E-state index in [9.17, 15) is 0 Å². The molecule has 1 unspecified atom stereocenters. The van der Waals surface area contributed by atoms with Crippen LogP contribution in [0.3, 0.4) is 0 Å². The first-order valence-electron chi connectivity index (χ1n) is 6.54. The van der Waals surface area contributed by atoms with Crippen LogP contribution in [0.4, 0.5) is 0 Å². The van der Waals surface area contributed by atoms with Gasteiger partial charge in [-0.25, -0.2) is 0 Å². The summed E-state index contributed by atoms with van der Waals surface area (Å²) in [5, 5.41) is 3.65. The fourth-order valence-corrected chi connectivity index (χ4v) is 2.42. The van der Waals surface area contributed by atoms with Gasteiger partial charge in [-0.3, -0.25) is 4.90 Å². The van der Waals surface area contributed by atoms with Crippen molar-refractivity contribution in [3.63, 3.8) is 0 Å². The maximum Gasteiger partial charge on any atom is 0.0221 e. The average Bonchev–Trinajstić information content (AvgIpc) is 2.80. The van der Waals surface area contributed by atoms with Crippen molar-refractivity contribution >= 4 is 0 Å². The molecule has 0 spiro atoms. The molecular formula is C13H26N2. The van der Waals surface area contributed by atoms with Crippen LogP contribution in [0.25, 0.3) is 0 Å². The summed E-state index contributed by atoms with van der Waals surface area (Å²) < 4.78 is 0. The molecule has 0 bridgehead atoms. The van der Waals surface area contributed by atoms with Gasteiger partial charge in [0.2, 0.25) is 0 Å². The highest BCUT2D eigenvalue weighted by Crippen LogP contribution is 2.32. The lowest BCUT2D eigenvalue weighted by Crippen LogP contribution is -2.45. The quantitative estimate of drug-likeness (QED) is 0.765. The van der Waals surface area contributed by atoms with E-state index in [2.05, 4.69) is 31.0 Å². The fraction of sp³-hybridized carbons (Fsp3) is 1.00. The summed E-state index contributed by atoms with van der Waals surface area (Å²) >= 11 is 0. The maximum atomic E-state index is 3.65. The van der Waals surface area contributed by atoms with Gasteiger partial charge < -0.3 is 5.32 Å². The Hall–Kier alpha value is -0.0800. The Morgan fingerprint density at radius 1 is 1.20 bits per heavy atom. The van der Waals surface area contributed by atoms with Crippen LogP contribution in [0.15, 0.2) is 0 Å². The highest BCUT2D eigenvalue weighted by Gasteiger charge is 2.31. The van der Waals surface area contributed by atoms with Crippen LogP contribution in [0.2, 0.25) is 0 Å². The van der Waals surface area contributed by atoms with Crippen LogP contribution in [-0.4, -0.2) is 36.1 Å². The third-order valence-electron chi connectivity index (χ3n) is 3.56. The van der Waals surface area contributed by atoms with Crippen molar-refractivity contribution < 1.29 is 0 Å². The molecule has 1 aliphatic heterocycles. The lowest BCUT2D eigenvalue weighted by Gasteiger charge is -2.29. The Morgan fingerprint density at radius 2 is 1.93 bits per heavy atom. The zero-order valence-electron chi connectivity index (χ0n) is 10.6. The molecule has 1 atom stereocenters. The molecule has 1 saturated heterocycles. The highest BCUT2D eigenvalue weighted by molar-refractivity contribution is 4.87. The minimum Gasteiger partial charge on any atom is -0.311 e. The van der Waals surface area contributed by atoms with Crippen LogP contribution in [-0.2, 0) is 0 Å². The Balaban J connectivity index is 1.74. The van der Waals surface area contributed by atoms with Gasteiger partial charge in [0.25, 0.3) is 0 Å². The summed E-state index contributed by atoms with van der Waals surface area (Å²) in [6, 6.07) is 0.810. The Labute approximate surface area is 94.4 Å². The number of hydrogen-bond acceptors (Lipinski definition) is 2. The van der Waals surface area contributed by atoms with Crippen molar-refractivity contribution in [3.8, 4) is 0 Å². The van der Waals surface area contributed by atoms with E-state index in [0.717, 1.165) is 12.0 Å². The van der Waals surface area contributed by atoms with Crippen LogP contribution >= 0.6 is 0 Å². The summed E-state index contributed by atoms with van der Waals surface area (Å²) in [5.74, 6) is 1.04. The molecule has 2 rings (SSSR count). The van der Waals surface area contributed by atoms with Gasteiger partial charge in [-0.05, 0) is 58.9 Å². The van der Waals surface area contributed by atoms with E-state index in [1.54, 1.807) is 0 Å². The van der Waals surface area contributed by atoms with Gasteiger partial charge in [0, 0.05) is 24.7 Å². The molecule has 2 heteroatoms. The summed E-state index contributed by atoms with van der Waals surface area (Å²) in [5.41, 5.74) is 0.272. The SMILES string of the molecule is CC(C)(C)NCC1CCCN1CC1CC1. The van der Waals surface area contributed by atoms with Crippen molar-refractivity contribution in [1.82, 2.24) is 10.2 Å². The zero-order chi connectivity index (χ0) is 10.9. The molecule has 1 heterocycles. The van der Waals surface area contributed by atoms with Crippen molar-refractivity contribution in [2.45, 2.75) is 58.0 Å². The number of likely N-dealkylation sites (tertiary alicyclic amines) is 1. The van der Waals surface area contributed by atoms with Gasteiger partial charge in [0.1, 0.15) is 0 Å². The van der Waals surface area contributed by atoms with E-state index in [1.165, 1.54) is 45.3 Å². The van der Waals surface area contributed by atoms with E-state index >= 15 is 0 Å². The Kier molecular flexibility index (Phi) is 3.36. The van der Waals surface area contributed by atoms with E-state index in [1.807, 2.05) is 0 Å². The second-order valence-corrected chi connectivity index (χ2v) is 6.37. The van der Waals surface area contributed by atoms with Gasteiger partial charge >= 0.3 is 0 Å². The second kappa shape index (κ2) is 4.42. The topological polar surface area (TPSA) is 15.3 Å². The fourth-order valence-electron chi connectivity index (χ4n) is 2.42. The van der Waals surface area contributed by atoms with Gasteiger partial charge in [0.05, 0.1) is 0 Å². The average molecular weight is 210 g/mol. The normalized spacial score (nSPS) is 28.6. The lowest BCUT2D eigenvalue weighted by molar-refractivity contribution is 0.225. The first-order chi connectivity index (χ1) is 7.04. The highest BCUT2D eigenvalue weighted by atomic mass is 15.2. The first kappa shape index (κ1) is 11.4. The molecule has 0 aromatic carbocycles. The standard InChI is InChI=1S/C13H26N2/c1-13(2,3)14-9-12-5-4-8-15(12)10-11-6-7-11/h11-12,14H,4-10H2,1-3H3. The second-order valence-electron chi connectivity index (χ2n) is 6.37. The first-order valence-corrected chi connectivity index (χ1v) is 6.54. The van der Waals surface area contributed by atoms with E-state index in [-0.39, 0.29) is 5.54 Å². The smallest absolute Gasteiger partial charge is 0.0221 e. The molecule has 2 nitrogen and oxygen atoms in total. The maximum absolute atomic E-state index is 3.65. The van der Waals surface area contributed by atoms with Crippen LogP contribution in [0, 0.1) is 5.92 Å². The molecule has 1 aliphatic carbocycles. The van der Waals surface area contributed by atoms with E-state index < -0.39 is 0 Å². The molecule has 0 amide bonds. The minimum atomic E-state index is 0.272. The van der Waals surface area contributed by atoms with Gasteiger partial charge in [-0.15, -0.1) is 0 Å². The summed E-state index contributed by atoms with van der Waals surface area (Å²) in [6.45, 7) is 10.7. The third-order valence-corrected chi connectivity index (χ3v) is 3.56. The van der Waals surface area contributed by atoms with Crippen LogP contribution in [0.1, 0.15) is 46.5 Å². The molecule has 2 aliphatic rings. The number of hydrogen-bond donors (Lipinski definition) is 1. The molecule has 0 aromatic rings. The van der Waals surface area contributed by atoms with E-state index in [4.69, 9.17) is 0 Å². The van der Waals surface area contributed by atoms with Crippen molar-refractivity contribution in [2.75, 3.05) is 19.6 Å². The molecule has 1 saturated carbocycles. The molecule has 0 radical (unpaired) electrons. The summed E-state index contributed by atoms with van der Waals surface area (Å²) in [7, 11) is 0. The minimum absolute atomic E-state index is 0.272. The molecule has 15 heavy (non-hydrogen) atoms. The van der Waals surface area contributed by atoms with E-state index in [0.29, 0.717) is 0 Å². The largest absolute Gasteiger partial charge is 0.311 e. The molecule has 2 fully saturated rings. The van der Waals surface area contributed by atoms with Gasteiger partial charge in [-0.2, -0.15) is 0 Å². The van der Waals surface area contributed by atoms with Gasteiger partial charge in [0.15, 0.2) is 0 Å². The third kappa shape index (κ3) is 3.76. The monoisotopic (exact) mass is 210 g/mol. The number of nitrogens with zero attached hydrogens (tertiary/aromatic N) is 1. The molecule has 88 valence electrons. The number of nitrogens with one attached hydrogen (secondary N) is 1. The van der Waals surface area contributed by atoms with Crippen molar-refractivity contribution in [3.05, 3.63) is 0 Å². The summed E-state index contributed by atoms with van der Waals surface area (Å²) in [4.78, 5) is 2.72. The predicted octanol–water partition coefficient (Wildman–Crippen LogP) is 2.25. The zero-order valence-corrected chi connectivity index (χ0v) is 10.6. The molecular weight excluding hydrogens is 184 g/mol.